The number of halogens is 4. The summed E-state index contributed by atoms with van der Waals surface area (Å²) >= 11 is 2.92. The van der Waals surface area contributed by atoms with Crippen molar-refractivity contribution in [1.29, 1.82) is 0 Å². The second kappa shape index (κ2) is 7.21. The van der Waals surface area contributed by atoms with E-state index in [1.807, 2.05) is 6.92 Å². The zero-order valence-electron chi connectivity index (χ0n) is 12.3. The summed E-state index contributed by atoms with van der Waals surface area (Å²) in [6.45, 7) is 1.98. The molecule has 0 bridgehead atoms. The molecule has 1 aliphatic heterocycles. The predicted octanol–water partition coefficient (Wildman–Crippen LogP) is 5.04. The average molecular weight is 413 g/mol. The minimum absolute atomic E-state index is 0.0350. The lowest BCUT2D eigenvalue weighted by atomic mass is 10.1. The summed E-state index contributed by atoms with van der Waals surface area (Å²) in [4.78, 5) is 10.4. The van der Waals surface area contributed by atoms with Gasteiger partial charge in [0.2, 0.25) is 0 Å². The Balaban J connectivity index is 2.38. The first kappa shape index (κ1) is 18.3. The van der Waals surface area contributed by atoms with Crippen LogP contribution in [-0.2, 0) is 6.18 Å². The van der Waals surface area contributed by atoms with E-state index in [0.29, 0.717) is 12.8 Å². The van der Waals surface area contributed by atoms with Crippen molar-refractivity contribution in [3.05, 3.63) is 32.3 Å². The van der Waals surface area contributed by atoms with Crippen LogP contribution in [0.25, 0.3) is 0 Å². The van der Waals surface area contributed by atoms with Crippen LogP contribution in [0.15, 0.2) is 16.6 Å². The maximum absolute atomic E-state index is 13.3. The number of nitrogens with one attached hydrogen (secondary N) is 1. The van der Waals surface area contributed by atoms with Crippen LogP contribution in [0.3, 0.4) is 0 Å². The third-order valence-corrected chi connectivity index (χ3v) is 6.37. The highest BCUT2D eigenvalue weighted by Crippen LogP contribution is 2.43. The molecule has 1 fully saturated rings. The number of hydrogen-bond donors (Lipinski definition) is 1. The number of alkyl halides is 3. The van der Waals surface area contributed by atoms with Crippen molar-refractivity contribution in [1.82, 2.24) is 0 Å². The van der Waals surface area contributed by atoms with Gasteiger partial charge < -0.3 is 5.32 Å². The van der Waals surface area contributed by atoms with Gasteiger partial charge in [-0.1, -0.05) is 21.3 Å². The largest absolute Gasteiger partial charge is 0.418 e. The van der Waals surface area contributed by atoms with E-state index in [0.717, 1.165) is 23.6 Å². The molecule has 0 radical (unpaired) electrons. The first-order valence-corrected chi connectivity index (χ1v) is 9.41. The molecule has 9 heteroatoms. The van der Waals surface area contributed by atoms with Crippen molar-refractivity contribution in [2.24, 2.45) is 0 Å². The highest BCUT2D eigenvalue weighted by Gasteiger charge is 2.38. The molecule has 1 N–H and O–H groups in total. The molecular formula is C14H16BrF3N2O2S. The van der Waals surface area contributed by atoms with Crippen LogP contribution in [0.1, 0.15) is 25.3 Å². The normalized spacial score (nSPS) is 21.8. The summed E-state index contributed by atoms with van der Waals surface area (Å²) in [5.41, 5.74) is -2.00. The fraction of sp³-hybridized carbons (Fsp3) is 0.500. The zero-order valence-corrected chi connectivity index (χ0v) is 14.7. The van der Waals surface area contributed by atoms with Gasteiger partial charge in [-0.2, -0.15) is 23.7 Å². The molecule has 1 heterocycles. The predicted molar refractivity (Wildman–Crippen MR) is 91.5 cm³/mol. The third kappa shape index (κ3) is 4.47. The molecule has 0 aromatic heterocycles. The van der Waals surface area contributed by atoms with E-state index in [2.05, 4.69) is 26.6 Å². The van der Waals surface area contributed by atoms with Crippen molar-refractivity contribution >= 4 is 43.2 Å². The number of nitrogens with zero attached hydrogens (tertiary/aromatic N) is 1. The van der Waals surface area contributed by atoms with Crippen LogP contribution in [0, 0.1) is 10.1 Å². The van der Waals surface area contributed by atoms with E-state index in [9.17, 15) is 23.3 Å². The summed E-state index contributed by atoms with van der Waals surface area (Å²) in [7, 11) is 0.201. The minimum Gasteiger partial charge on any atom is -0.376 e. The molecule has 128 valence electrons. The van der Waals surface area contributed by atoms with Gasteiger partial charge in [0.05, 0.1) is 10.5 Å². The Hall–Kier alpha value is -1.09. The maximum Gasteiger partial charge on any atom is 0.418 e. The van der Waals surface area contributed by atoms with Gasteiger partial charge in [-0.05, 0) is 37.3 Å². The average Bonchev–Trinajstić information content (AvgIpc) is 2.48. The Kier molecular flexibility index (Phi) is 5.72. The number of hydrogen-bond acceptors (Lipinski definition) is 3. The fourth-order valence-corrected chi connectivity index (χ4v) is 4.83. The van der Waals surface area contributed by atoms with Crippen LogP contribution < -0.4 is 5.32 Å². The van der Waals surface area contributed by atoms with Gasteiger partial charge in [-0.25, -0.2) is 0 Å². The SMILES string of the molecule is CC=S1CCC(Nc2c([N+](=O)[O-])cc(Br)cc2C(F)(F)F)CC1. The molecule has 0 aliphatic carbocycles. The molecule has 1 saturated heterocycles. The number of anilines is 1. The van der Waals surface area contributed by atoms with Gasteiger partial charge in [-0.15, -0.1) is 0 Å². The highest BCUT2D eigenvalue weighted by molar-refractivity contribution is 9.10. The Morgan fingerprint density at radius 3 is 2.48 bits per heavy atom. The van der Waals surface area contributed by atoms with E-state index >= 15 is 0 Å². The van der Waals surface area contributed by atoms with E-state index in [-0.39, 0.29) is 21.0 Å². The molecule has 4 nitrogen and oxygen atoms in total. The number of rotatable bonds is 3. The summed E-state index contributed by atoms with van der Waals surface area (Å²) in [5, 5.41) is 16.1. The van der Waals surface area contributed by atoms with Crippen molar-refractivity contribution in [3.8, 4) is 0 Å². The van der Waals surface area contributed by atoms with Gasteiger partial charge in [-0.3, -0.25) is 10.1 Å². The second-order valence-corrected chi connectivity index (χ2v) is 8.48. The van der Waals surface area contributed by atoms with E-state index in [1.54, 1.807) is 0 Å². The molecule has 0 spiro atoms. The quantitative estimate of drug-likeness (QED) is 0.429. The number of nitro benzene ring substituents is 1. The summed E-state index contributed by atoms with van der Waals surface area (Å²) in [6.07, 6.45) is -3.25. The Morgan fingerprint density at radius 1 is 1.39 bits per heavy atom. The molecular weight excluding hydrogens is 397 g/mol. The lowest BCUT2D eigenvalue weighted by molar-refractivity contribution is -0.384. The Morgan fingerprint density at radius 2 is 2.00 bits per heavy atom. The van der Waals surface area contributed by atoms with Crippen LogP contribution >= 0.6 is 26.4 Å². The van der Waals surface area contributed by atoms with Crippen LogP contribution in [0.4, 0.5) is 24.5 Å². The van der Waals surface area contributed by atoms with Crippen molar-refractivity contribution in [3.63, 3.8) is 0 Å². The van der Waals surface area contributed by atoms with Crippen LogP contribution in [0.5, 0.6) is 0 Å². The third-order valence-electron chi connectivity index (χ3n) is 3.72. The van der Waals surface area contributed by atoms with Crippen LogP contribution in [-0.4, -0.2) is 27.8 Å². The lowest BCUT2D eigenvalue weighted by Gasteiger charge is -2.27. The van der Waals surface area contributed by atoms with Crippen LogP contribution in [0.2, 0.25) is 0 Å². The molecule has 0 saturated carbocycles. The molecule has 0 amide bonds. The van der Waals surface area contributed by atoms with Gasteiger partial charge in [0.1, 0.15) is 5.69 Å². The van der Waals surface area contributed by atoms with Gasteiger partial charge in [0.25, 0.3) is 5.69 Å². The molecule has 0 unspecified atom stereocenters. The van der Waals surface area contributed by atoms with Crippen molar-refractivity contribution in [2.45, 2.75) is 32.0 Å². The van der Waals surface area contributed by atoms with E-state index in [1.165, 1.54) is 0 Å². The number of benzene rings is 1. The summed E-state index contributed by atoms with van der Waals surface area (Å²) in [5.74, 6) is 1.81. The maximum atomic E-state index is 13.3. The molecule has 1 aromatic carbocycles. The molecule has 2 rings (SSSR count). The number of nitro groups is 1. The second-order valence-electron chi connectivity index (χ2n) is 5.20. The zero-order chi connectivity index (χ0) is 17.2. The summed E-state index contributed by atoms with van der Waals surface area (Å²) in [6, 6.07) is 1.80. The topological polar surface area (TPSA) is 55.2 Å². The molecule has 1 aromatic rings. The van der Waals surface area contributed by atoms with Gasteiger partial charge in [0.15, 0.2) is 0 Å². The first-order valence-electron chi connectivity index (χ1n) is 6.99. The Labute approximate surface area is 142 Å². The minimum atomic E-state index is -4.66. The molecule has 23 heavy (non-hydrogen) atoms. The van der Waals surface area contributed by atoms with E-state index in [4.69, 9.17) is 0 Å². The molecule has 1 aliphatic rings. The highest BCUT2D eigenvalue weighted by atomic mass is 79.9. The summed E-state index contributed by atoms with van der Waals surface area (Å²) < 4.78 is 39.8. The Bertz CT molecular complexity index is 640. The smallest absolute Gasteiger partial charge is 0.376 e. The van der Waals surface area contributed by atoms with Crippen molar-refractivity contribution in [2.75, 3.05) is 16.8 Å². The van der Waals surface area contributed by atoms with Crippen molar-refractivity contribution < 1.29 is 18.1 Å². The van der Waals surface area contributed by atoms with E-state index < -0.39 is 28.0 Å². The van der Waals surface area contributed by atoms with Gasteiger partial charge >= 0.3 is 6.18 Å². The monoisotopic (exact) mass is 412 g/mol. The standard InChI is InChI=1S/C14H16BrF3N2O2S/c1-2-23-5-3-10(4-6-23)19-13-11(14(16,17)18)7-9(15)8-12(13)20(21)22/h2,7-8,10,19H,3-6H2,1H3. The lowest BCUT2D eigenvalue weighted by Crippen LogP contribution is -2.27. The first-order chi connectivity index (χ1) is 10.7. The van der Waals surface area contributed by atoms with Gasteiger partial charge in [0, 0.05) is 16.6 Å². The molecule has 0 atom stereocenters. The fourth-order valence-electron chi connectivity index (χ4n) is 2.53.